The van der Waals surface area contributed by atoms with Crippen molar-refractivity contribution in [2.75, 3.05) is 40.0 Å². The van der Waals surface area contributed by atoms with Gasteiger partial charge in [0.25, 0.3) is 0 Å². The number of carbonyl (C=O) groups excluding carboxylic acids is 3. The molecule has 1 aliphatic heterocycles. The molecule has 1 saturated carbocycles. The molecule has 14 nitrogen and oxygen atoms in total. The van der Waals surface area contributed by atoms with Crippen molar-refractivity contribution in [3.05, 3.63) is 147 Å². The Morgan fingerprint density at radius 3 is 2.04 bits per heavy atom. The second-order valence-electron chi connectivity index (χ2n) is 18.3. The molecule has 2 N–H and O–H groups in total. The molecule has 372 valence electrons. The monoisotopic (exact) mass is 987 g/mol. The standard InChI is InChI=1S/C57H61N7O7S/c1-37(60-4)55(66)62-53(43-11-6-5-7-12-43)57(67)63-26-10-17-51(63)56-61-50(36-72-56)54(65)44-13-8-14-46(31-44)69-29-30-71-48-16-9-15-47(32-48)70-28-27-68-45-24-20-41(21-25-45)35-64-38(2)49(34-59)52(39(64)3)42-22-18-40(33-58)19-23-42/h8-9,13-16,18-25,31-32,36-37,43,51,53,60H,5-7,10-12,17,26-30,35H2,1-4H3,(H,62,66)/t37-,51?,53-/m0/s1. The van der Waals surface area contributed by atoms with Crippen LogP contribution in [0.4, 0.5) is 0 Å². The largest absolute Gasteiger partial charge is 0.490 e. The number of likely N-dealkylation sites (N-methyl/N-ethyl adjacent to an activating group) is 1. The second kappa shape index (κ2) is 24.1. The van der Waals surface area contributed by atoms with Gasteiger partial charge in [-0.15, -0.1) is 11.3 Å². The van der Waals surface area contributed by atoms with Gasteiger partial charge in [0.2, 0.25) is 17.6 Å². The minimum atomic E-state index is -0.588. The van der Waals surface area contributed by atoms with Crippen molar-refractivity contribution in [3.63, 3.8) is 0 Å². The lowest BCUT2D eigenvalue weighted by atomic mass is 9.83. The Hall–Kier alpha value is -7.46. The van der Waals surface area contributed by atoms with E-state index in [0.717, 1.165) is 78.0 Å². The molecule has 3 heterocycles. The molecular weight excluding hydrogens is 927 g/mol. The summed E-state index contributed by atoms with van der Waals surface area (Å²) in [5, 5.41) is 27.8. The van der Waals surface area contributed by atoms with Crippen molar-refractivity contribution >= 4 is 28.9 Å². The highest BCUT2D eigenvalue weighted by Gasteiger charge is 2.40. The zero-order chi connectivity index (χ0) is 50.6. The van der Waals surface area contributed by atoms with Crippen LogP contribution in [0.1, 0.15) is 107 Å². The SMILES string of the molecule is CN[C@@H](C)C(=O)N[C@H](C(=O)N1CCCC1c1nc(C(=O)c2cccc(OCCOc3cccc(OCCOc4ccc(Cn5c(C)c(C#N)c(-c6ccc(C#N)cc6)c5C)cc4)c3)c2)cs1)C1CCCCC1. The van der Waals surface area contributed by atoms with Gasteiger partial charge in [-0.3, -0.25) is 14.4 Å². The minimum absolute atomic E-state index is 0.0637. The lowest BCUT2D eigenvalue weighted by Crippen LogP contribution is -2.55. The molecule has 2 fully saturated rings. The van der Waals surface area contributed by atoms with Crippen molar-refractivity contribution in [2.45, 2.75) is 90.4 Å². The van der Waals surface area contributed by atoms with Gasteiger partial charge >= 0.3 is 0 Å². The lowest BCUT2D eigenvalue weighted by molar-refractivity contribution is -0.139. The summed E-state index contributed by atoms with van der Waals surface area (Å²) >= 11 is 1.39. The van der Waals surface area contributed by atoms with E-state index in [1.807, 2.05) is 79.4 Å². The van der Waals surface area contributed by atoms with E-state index < -0.39 is 12.1 Å². The van der Waals surface area contributed by atoms with Crippen molar-refractivity contribution in [2.24, 2.45) is 5.92 Å². The highest BCUT2D eigenvalue weighted by molar-refractivity contribution is 7.10. The fourth-order valence-electron chi connectivity index (χ4n) is 9.63. The Morgan fingerprint density at radius 2 is 1.40 bits per heavy atom. The molecule has 1 saturated heterocycles. The average molecular weight is 988 g/mol. The van der Waals surface area contributed by atoms with Crippen LogP contribution in [0, 0.1) is 42.4 Å². The van der Waals surface area contributed by atoms with Gasteiger partial charge in [0.1, 0.15) is 72.2 Å². The number of hydrogen-bond donors (Lipinski definition) is 2. The Balaban J connectivity index is 0.780. The number of rotatable bonds is 21. The number of amides is 2. The number of nitrogens with one attached hydrogen (secondary N) is 2. The third-order valence-electron chi connectivity index (χ3n) is 13.7. The Labute approximate surface area is 425 Å². The van der Waals surface area contributed by atoms with E-state index in [1.54, 1.807) is 55.7 Å². The maximum Gasteiger partial charge on any atom is 0.246 e. The fraction of sp³-hybridized carbons (Fsp3) is 0.368. The predicted molar refractivity (Wildman–Crippen MR) is 275 cm³/mol. The van der Waals surface area contributed by atoms with E-state index in [0.29, 0.717) is 71.7 Å². The van der Waals surface area contributed by atoms with Crippen molar-refractivity contribution in [1.82, 2.24) is 25.1 Å². The van der Waals surface area contributed by atoms with Crippen molar-refractivity contribution in [3.8, 4) is 46.3 Å². The molecule has 0 spiro atoms. The highest BCUT2D eigenvalue weighted by Crippen LogP contribution is 2.37. The number of nitrogens with zero attached hydrogens (tertiary/aromatic N) is 5. The second-order valence-corrected chi connectivity index (χ2v) is 19.2. The molecule has 6 aromatic rings. The van der Waals surface area contributed by atoms with Crippen LogP contribution < -0.4 is 29.6 Å². The van der Waals surface area contributed by atoms with Gasteiger partial charge in [0.05, 0.1) is 29.3 Å². The maximum absolute atomic E-state index is 14.2. The predicted octanol–water partition coefficient (Wildman–Crippen LogP) is 9.50. The van der Waals surface area contributed by atoms with Crippen LogP contribution in [0.3, 0.4) is 0 Å². The molecule has 15 heteroatoms. The number of likely N-dealkylation sites (tertiary alicyclic amines) is 1. The first-order valence-corrected chi connectivity index (χ1v) is 25.6. The number of carbonyl (C=O) groups is 3. The van der Waals surface area contributed by atoms with E-state index in [9.17, 15) is 24.9 Å². The molecule has 72 heavy (non-hydrogen) atoms. The molecule has 2 amide bonds. The molecular formula is C57H61N7O7S. The van der Waals surface area contributed by atoms with E-state index in [1.165, 1.54) is 11.3 Å². The summed E-state index contributed by atoms with van der Waals surface area (Å²) in [4.78, 5) is 47.6. The van der Waals surface area contributed by atoms with Crippen molar-refractivity contribution in [1.29, 1.82) is 10.5 Å². The number of nitriles is 2. The molecule has 3 atom stereocenters. The smallest absolute Gasteiger partial charge is 0.246 e. The molecule has 0 radical (unpaired) electrons. The third kappa shape index (κ3) is 12.2. The maximum atomic E-state index is 14.2. The first-order valence-electron chi connectivity index (χ1n) is 24.7. The molecule has 2 aromatic heterocycles. The molecule has 1 aliphatic carbocycles. The van der Waals surface area contributed by atoms with Crippen LogP contribution in [0.5, 0.6) is 23.0 Å². The Morgan fingerprint density at radius 1 is 0.764 bits per heavy atom. The summed E-state index contributed by atoms with van der Waals surface area (Å²) < 4.78 is 26.1. The van der Waals surface area contributed by atoms with Gasteiger partial charge in [-0.2, -0.15) is 10.5 Å². The first-order chi connectivity index (χ1) is 35.0. The van der Waals surface area contributed by atoms with Gasteiger partial charge in [-0.05, 0) is 119 Å². The lowest BCUT2D eigenvalue weighted by Gasteiger charge is -2.35. The average Bonchev–Trinajstić information content (AvgIpc) is 4.17. The summed E-state index contributed by atoms with van der Waals surface area (Å²) in [6, 6.07) is 32.9. The van der Waals surface area contributed by atoms with E-state index in [-0.39, 0.29) is 42.8 Å². The zero-order valence-corrected chi connectivity index (χ0v) is 42.1. The summed E-state index contributed by atoms with van der Waals surface area (Å²) in [6.45, 7) is 8.09. The Bertz CT molecular complexity index is 2930. The molecule has 4 aromatic carbocycles. The summed E-state index contributed by atoms with van der Waals surface area (Å²) in [5.74, 6) is 2.11. The summed E-state index contributed by atoms with van der Waals surface area (Å²) in [5.41, 5.74) is 6.71. The molecule has 0 bridgehead atoms. The Kier molecular flexibility index (Phi) is 17.0. The number of ether oxygens (including phenoxy) is 4. The zero-order valence-electron chi connectivity index (χ0n) is 41.3. The minimum Gasteiger partial charge on any atom is -0.490 e. The molecule has 8 rings (SSSR count). The number of benzene rings is 4. The van der Waals surface area contributed by atoms with Gasteiger partial charge in [0, 0.05) is 47.1 Å². The number of ketones is 1. The van der Waals surface area contributed by atoms with E-state index in [4.69, 9.17) is 23.9 Å². The summed E-state index contributed by atoms with van der Waals surface area (Å²) in [7, 11) is 1.74. The van der Waals surface area contributed by atoms with Crippen LogP contribution in [0.15, 0.2) is 102 Å². The number of aromatic nitrogens is 2. The molecule has 1 unspecified atom stereocenters. The van der Waals surface area contributed by atoms with Crippen LogP contribution in [-0.2, 0) is 16.1 Å². The van der Waals surface area contributed by atoms with Gasteiger partial charge in [0.15, 0.2) is 0 Å². The van der Waals surface area contributed by atoms with Crippen LogP contribution in [0.2, 0.25) is 0 Å². The van der Waals surface area contributed by atoms with Crippen LogP contribution in [0.25, 0.3) is 11.1 Å². The summed E-state index contributed by atoms with van der Waals surface area (Å²) in [6.07, 6.45) is 6.63. The fourth-order valence-corrected chi connectivity index (χ4v) is 10.6. The normalized spacial score (nSPS) is 15.5. The number of hydrogen-bond acceptors (Lipinski definition) is 12. The van der Waals surface area contributed by atoms with E-state index >= 15 is 0 Å². The van der Waals surface area contributed by atoms with Crippen molar-refractivity contribution < 1.29 is 33.3 Å². The number of thiazole rings is 1. The van der Waals surface area contributed by atoms with E-state index in [2.05, 4.69) is 27.3 Å². The first kappa shape index (κ1) is 50.9. The third-order valence-corrected chi connectivity index (χ3v) is 14.6. The van der Waals surface area contributed by atoms with Crippen LogP contribution in [-0.4, -0.2) is 84.2 Å². The highest BCUT2D eigenvalue weighted by atomic mass is 32.1. The quantitative estimate of drug-likeness (QED) is 0.0518. The van der Waals surface area contributed by atoms with Gasteiger partial charge in [-0.1, -0.05) is 61.7 Å². The van der Waals surface area contributed by atoms with Crippen LogP contribution >= 0.6 is 11.3 Å². The van der Waals surface area contributed by atoms with Gasteiger partial charge in [-0.25, -0.2) is 4.98 Å². The van der Waals surface area contributed by atoms with Gasteiger partial charge < -0.3 is 39.0 Å². The molecule has 2 aliphatic rings. The topological polar surface area (TPSA) is 181 Å².